The van der Waals surface area contributed by atoms with E-state index in [-0.39, 0.29) is 6.10 Å². The number of ether oxygens (including phenoxy) is 3. The zero-order valence-electron chi connectivity index (χ0n) is 10.2. The summed E-state index contributed by atoms with van der Waals surface area (Å²) in [6.07, 6.45) is 1.84. The number of halogens is 1. The number of hydrogen-bond acceptors (Lipinski definition) is 4. The summed E-state index contributed by atoms with van der Waals surface area (Å²) in [6.45, 7) is 7.33. The number of rotatable bonds is 4. The Morgan fingerprint density at radius 2 is 2.12 bits per heavy atom. The molecule has 4 atom stereocenters. The standard InChI is InChI=1S/C12H19BrO4/c1-4-5-6-12(14)8(7-13)15-10-9(12)16-11(2,3)17-10/h4,8-10,14H,1,5-7H2,2-3H3/t8-,9+,10-,12-/m1/s1. The maximum atomic E-state index is 10.8. The quantitative estimate of drug-likeness (QED) is 0.637. The van der Waals surface area contributed by atoms with Crippen molar-refractivity contribution in [3.63, 3.8) is 0 Å². The monoisotopic (exact) mass is 306 g/mol. The second-order valence-corrected chi connectivity index (χ2v) is 5.67. The van der Waals surface area contributed by atoms with Crippen LogP contribution in [0.2, 0.25) is 0 Å². The molecule has 0 unspecified atom stereocenters. The third-order valence-electron chi connectivity index (χ3n) is 3.30. The SMILES string of the molecule is C=CCC[C@@]1(O)[C@@H](CBr)O[C@@H]2OC(C)(C)O[C@@H]21. The predicted molar refractivity (Wildman–Crippen MR) is 66.9 cm³/mol. The molecule has 2 rings (SSSR count). The average molecular weight is 307 g/mol. The minimum atomic E-state index is -1.02. The van der Waals surface area contributed by atoms with Crippen molar-refractivity contribution in [3.8, 4) is 0 Å². The maximum Gasteiger partial charge on any atom is 0.190 e. The van der Waals surface area contributed by atoms with E-state index in [1.807, 2.05) is 13.8 Å². The maximum absolute atomic E-state index is 10.8. The summed E-state index contributed by atoms with van der Waals surface area (Å²) in [5.41, 5.74) is -1.02. The van der Waals surface area contributed by atoms with Crippen molar-refractivity contribution in [1.82, 2.24) is 0 Å². The molecule has 0 aromatic carbocycles. The van der Waals surface area contributed by atoms with Gasteiger partial charge in [0.05, 0.1) is 0 Å². The van der Waals surface area contributed by atoms with Crippen molar-refractivity contribution in [3.05, 3.63) is 12.7 Å². The molecule has 98 valence electrons. The van der Waals surface area contributed by atoms with E-state index in [9.17, 15) is 5.11 Å². The lowest BCUT2D eigenvalue weighted by Gasteiger charge is -2.32. The molecule has 0 aromatic rings. The van der Waals surface area contributed by atoms with Gasteiger partial charge >= 0.3 is 0 Å². The summed E-state index contributed by atoms with van der Waals surface area (Å²) in [6, 6.07) is 0. The molecule has 2 aliphatic heterocycles. The molecule has 1 N–H and O–H groups in total. The van der Waals surface area contributed by atoms with Gasteiger partial charge in [0.1, 0.15) is 17.8 Å². The van der Waals surface area contributed by atoms with Crippen LogP contribution in [0.5, 0.6) is 0 Å². The Morgan fingerprint density at radius 3 is 2.71 bits per heavy atom. The van der Waals surface area contributed by atoms with Crippen LogP contribution in [0.3, 0.4) is 0 Å². The molecule has 0 bridgehead atoms. The topological polar surface area (TPSA) is 47.9 Å². The highest BCUT2D eigenvalue weighted by atomic mass is 79.9. The van der Waals surface area contributed by atoms with Crippen LogP contribution in [0.4, 0.5) is 0 Å². The first-order valence-corrected chi connectivity index (χ1v) is 6.95. The van der Waals surface area contributed by atoms with Crippen LogP contribution < -0.4 is 0 Å². The van der Waals surface area contributed by atoms with E-state index in [0.717, 1.165) is 6.42 Å². The molecular weight excluding hydrogens is 288 g/mol. The first-order valence-electron chi connectivity index (χ1n) is 5.83. The van der Waals surface area contributed by atoms with Gasteiger partial charge < -0.3 is 19.3 Å². The van der Waals surface area contributed by atoms with Gasteiger partial charge in [0.15, 0.2) is 12.1 Å². The van der Waals surface area contributed by atoms with Crippen molar-refractivity contribution < 1.29 is 19.3 Å². The minimum absolute atomic E-state index is 0.312. The molecule has 0 spiro atoms. The number of aliphatic hydroxyl groups is 1. The largest absolute Gasteiger partial charge is 0.384 e. The molecule has 2 heterocycles. The van der Waals surface area contributed by atoms with Crippen molar-refractivity contribution in [2.45, 2.75) is 56.6 Å². The van der Waals surface area contributed by atoms with Gasteiger partial charge in [-0.2, -0.15) is 0 Å². The zero-order chi connectivity index (χ0) is 12.7. The normalized spacial score (nSPS) is 43.6. The van der Waals surface area contributed by atoms with Gasteiger partial charge in [0.25, 0.3) is 0 Å². The van der Waals surface area contributed by atoms with Gasteiger partial charge in [0.2, 0.25) is 0 Å². The first kappa shape index (κ1) is 13.5. The van der Waals surface area contributed by atoms with Gasteiger partial charge in [-0.3, -0.25) is 0 Å². The number of hydrogen-bond donors (Lipinski definition) is 1. The smallest absolute Gasteiger partial charge is 0.190 e. The van der Waals surface area contributed by atoms with Gasteiger partial charge in [-0.05, 0) is 26.7 Å². The van der Waals surface area contributed by atoms with Gasteiger partial charge in [-0.25, -0.2) is 0 Å². The molecule has 2 aliphatic rings. The van der Waals surface area contributed by atoms with E-state index in [4.69, 9.17) is 14.2 Å². The average Bonchev–Trinajstić information content (AvgIpc) is 2.69. The third-order valence-corrected chi connectivity index (χ3v) is 3.88. The van der Waals surface area contributed by atoms with Gasteiger partial charge in [-0.1, -0.05) is 22.0 Å². The second kappa shape index (κ2) is 4.63. The number of fused-ring (bicyclic) bond motifs is 1. The highest BCUT2D eigenvalue weighted by molar-refractivity contribution is 9.09. The zero-order valence-corrected chi connectivity index (χ0v) is 11.8. The lowest BCUT2D eigenvalue weighted by Crippen LogP contribution is -2.49. The molecule has 17 heavy (non-hydrogen) atoms. The van der Waals surface area contributed by atoms with E-state index >= 15 is 0 Å². The minimum Gasteiger partial charge on any atom is -0.384 e. The molecule has 2 saturated heterocycles. The van der Waals surface area contributed by atoms with E-state index < -0.39 is 23.8 Å². The molecule has 4 nitrogen and oxygen atoms in total. The lowest BCUT2D eigenvalue weighted by molar-refractivity contribution is -0.226. The lowest BCUT2D eigenvalue weighted by atomic mass is 9.88. The highest BCUT2D eigenvalue weighted by Crippen LogP contribution is 2.45. The highest BCUT2D eigenvalue weighted by Gasteiger charge is 2.62. The summed E-state index contributed by atoms with van der Waals surface area (Å²) < 4.78 is 17.1. The summed E-state index contributed by atoms with van der Waals surface area (Å²) in [7, 11) is 0. The van der Waals surface area contributed by atoms with Crippen molar-refractivity contribution in [1.29, 1.82) is 0 Å². The summed E-state index contributed by atoms with van der Waals surface area (Å²) in [5.74, 6) is -0.700. The second-order valence-electron chi connectivity index (χ2n) is 5.02. The van der Waals surface area contributed by atoms with E-state index in [1.165, 1.54) is 0 Å². The molecule has 0 amide bonds. The Hall–Kier alpha value is 0.0600. The molecular formula is C12H19BrO4. The molecule has 0 radical (unpaired) electrons. The Bertz CT molecular complexity index is 307. The fraction of sp³-hybridized carbons (Fsp3) is 0.833. The first-order chi connectivity index (χ1) is 7.93. The summed E-state index contributed by atoms with van der Waals surface area (Å²) >= 11 is 3.36. The molecule has 0 aromatic heterocycles. The van der Waals surface area contributed by atoms with Crippen LogP contribution in [0.25, 0.3) is 0 Å². The van der Waals surface area contributed by atoms with E-state index in [1.54, 1.807) is 6.08 Å². The molecule has 0 aliphatic carbocycles. The van der Waals surface area contributed by atoms with Crippen molar-refractivity contribution in [2.24, 2.45) is 0 Å². The van der Waals surface area contributed by atoms with Crippen LogP contribution >= 0.6 is 15.9 Å². The van der Waals surface area contributed by atoms with Crippen LogP contribution in [-0.2, 0) is 14.2 Å². The van der Waals surface area contributed by atoms with Gasteiger partial charge in [-0.15, -0.1) is 6.58 Å². The molecule has 5 heteroatoms. The van der Waals surface area contributed by atoms with Crippen molar-refractivity contribution >= 4 is 15.9 Å². The van der Waals surface area contributed by atoms with Crippen molar-refractivity contribution in [2.75, 3.05) is 5.33 Å². The Kier molecular flexibility index (Phi) is 3.67. The third kappa shape index (κ3) is 2.31. The predicted octanol–water partition coefficient (Wildman–Crippen LogP) is 1.95. The van der Waals surface area contributed by atoms with Crippen LogP contribution in [0.1, 0.15) is 26.7 Å². The Morgan fingerprint density at radius 1 is 1.41 bits per heavy atom. The molecule has 0 saturated carbocycles. The fourth-order valence-corrected chi connectivity index (χ4v) is 3.15. The van der Waals surface area contributed by atoms with Crippen LogP contribution in [-0.4, -0.2) is 40.3 Å². The number of allylic oxidation sites excluding steroid dienone is 1. The van der Waals surface area contributed by atoms with Crippen LogP contribution in [0.15, 0.2) is 12.7 Å². The fourth-order valence-electron chi connectivity index (χ4n) is 2.44. The summed E-state index contributed by atoms with van der Waals surface area (Å²) in [4.78, 5) is 0. The molecule has 2 fully saturated rings. The van der Waals surface area contributed by atoms with Gasteiger partial charge in [0, 0.05) is 5.33 Å². The summed E-state index contributed by atoms with van der Waals surface area (Å²) in [5, 5.41) is 11.3. The Balaban J connectivity index is 2.18. The van der Waals surface area contributed by atoms with E-state index in [2.05, 4.69) is 22.5 Å². The Labute approximate surface area is 110 Å². The van der Waals surface area contributed by atoms with E-state index in [0.29, 0.717) is 11.8 Å². The number of alkyl halides is 1. The van der Waals surface area contributed by atoms with Crippen LogP contribution in [0, 0.1) is 0 Å².